The van der Waals surface area contributed by atoms with Gasteiger partial charge in [-0.15, -0.1) is 0 Å². The zero-order valence-corrected chi connectivity index (χ0v) is 14.3. The highest BCUT2D eigenvalue weighted by molar-refractivity contribution is 5.69. The van der Waals surface area contributed by atoms with Crippen LogP contribution >= 0.6 is 0 Å². The normalized spacial score (nSPS) is 20.1. The molecule has 1 fully saturated rings. The lowest BCUT2D eigenvalue weighted by Gasteiger charge is -2.25. The van der Waals surface area contributed by atoms with E-state index in [0.717, 1.165) is 17.7 Å². The SMILES string of the molecule is Fc1cc(N2CCO[C@@H]2COc2cnccn2)ccc1C1=CCOCC1. The molecule has 1 aromatic carbocycles. The van der Waals surface area contributed by atoms with Crippen LogP contribution in [0.1, 0.15) is 12.0 Å². The van der Waals surface area contributed by atoms with Crippen LogP contribution in [-0.4, -0.2) is 49.2 Å². The molecule has 0 radical (unpaired) electrons. The van der Waals surface area contributed by atoms with Gasteiger partial charge in [-0.1, -0.05) is 6.08 Å². The van der Waals surface area contributed by atoms with Gasteiger partial charge in [0.15, 0.2) is 6.23 Å². The van der Waals surface area contributed by atoms with E-state index in [1.807, 2.05) is 23.1 Å². The number of hydrogen-bond acceptors (Lipinski definition) is 6. The number of benzene rings is 1. The molecule has 2 aliphatic rings. The summed E-state index contributed by atoms with van der Waals surface area (Å²) in [7, 11) is 0. The molecule has 0 spiro atoms. The van der Waals surface area contributed by atoms with Gasteiger partial charge in [-0.05, 0) is 30.2 Å². The van der Waals surface area contributed by atoms with Gasteiger partial charge in [0.05, 0.1) is 26.0 Å². The molecule has 1 atom stereocenters. The Morgan fingerprint density at radius 2 is 2.23 bits per heavy atom. The smallest absolute Gasteiger partial charge is 0.232 e. The zero-order valence-electron chi connectivity index (χ0n) is 14.3. The number of nitrogens with zero attached hydrogens (tertiary/aromatic N) is 3. The monoisotopic (exact) mass is 357 g/mol. The molecule has 1 aromatic heterocycles. The van der Waals surface area contributed by atoms with Crippen LogP contribution in [0.15, 0.2) is 42.9 Å². The van der Waals surface area contributed by atoms with E-state index in [1.165, 1.54) is 0 Å². The first-order valence-electron chi connectivity index (χ1n) is 8.65. The maximum absolute atomic E-state index is 14.7. The number of rotatable bonds is 5. The molecule has 136 valence electrons. The fraction of sp³-hybridized carbons (Fsp3) is 0.368. The molecule has 0 N–H and O–H groups in total. The summed E-state index contributed by atoms with van der Waals surface area (Å²) in [5.74, 6) is 0.215. The van der Waals surface area contributed by atoms with Crippen molar-refractivity contribution in [3.63, 3.8) is 0 Å². The Bertz CT molecular complexity index is 785. The summed E-state index contributed by atoms with van der Waals surface area (Å²) in [5, 5.41) is 0. The average Bonchev–Trinajstić information content (AvgIpc) is 3.16. The molecular formula is C19H20FN3O3. The van der Waals surface area contributed by atoms with Gasteiger partial charge in [0.2, 0.25) is 5.88 Å². The Hall–Kier alpha value is -2.51. The molecule has 0 aliphatic carbocycles. The second kappa shape index (κ2) is 7.80. The molecule has 2 aromatic rings. The average molecular weight is 357 g/mol. The highest BCUT2D eigenvalue weighted by atomic mass is 19.1. The number of hydrogen-bond donors (Lipinski definition) is 0. The van der Waals surface area contributed by atoms with E-state index in [4.69, 9.17) is 14.2 Å². The Morgan fingerprint density at radius 3 is 3.00 bits per heavy atom. The molecule has 1 saturated heterocycles. The third kappa shape index (κ3) is 3.68. The Kier molecular flexibility index (Phi) is 5.08. The first kappa shape index (κ1) is 16.9. The summed E-state index contributed by atoms with van der Waals surface area (Å²) in [4.78, 5) is 10.0. The van der Waals surface area contributed by atoms with E-state index in [0.29, 0.717) is 44.4 Å². The van der Waals surface area contributed by atoms with Crippen molar-refractivity contribution in [1.29, 1.82) is 0 Å². The first-order chi connectivity index (χ1) is 12.8. The lowest BCUT2D eigenvalue weighted by atomic mass is 10.0. The molecule has 4 rings (SSSR count). The summed E-state index contributed by atoms with van der Waals surface area (Å²) in [6, 6.07) is 5.33. The predicted octanol–water partition coefficient (Wildman–Crippen LogP) is 2.66. The van der Waals surface area contributed by atoms with Crippen molar-refractivity contribution in [2.75, 3.05) is 37.9 Å². The lowest BCUT2D eigenvalue weighted by molar-refractivity contribution is 0.0675. The highest BCUT2D eigenvalue weighted by Gasteiger charge is 2.27. The summed E-state index contributed by atoms with van der Waals surface area (Å²) in [6.07, 6.45) is 7.10. The zero-order chi connectivity index (χ0) is 17.8. The van der Waals surface area contributed by atoms with Crippen LogP contribution in [-0.2, 0) is 9.47 Å². The van der Waals surface area contributed by atoms with Crippen LogP contribution < -0.4 is 9.64 Å². The first-order valence-corrected chi connectivity index (χ1v) is 8.65. The Labute approximate surface area is 151 Å². The topological polar surface area (TPSA) is 56.7 Å². The third-order valence-electron chi connectivity index (χ3n) is 4.50. The number of aromatic nitrogens is 2. The van der Waals surface area contributed by atoms with Crippen LogP contribution in [0.3, 0.4) is 0 Å². The minimum absolute atomic E-state index is 0.226. The summed E-state index contributed by atoms with van der Waals surface area (Å²) >= 11 is 0. The van der Waals surface area contributed by atoms with Gasteiger partial charge in [0.1, 0.15) is 12.4 Å². The molecule has 7 heteroatoms. The minimum atomic E-state index is -0.287. The second-order valence-corrected chi connectivity index (χ2v) is 6.09. The third-order valence-corrected chi connectivity index (χ3v) is 4.50. The fourth-order valence-corrected chi connectivity index (χ4v) is 3.19. The van der Waals surface area contributed by atoms with E-state index >= 15 is 0 Å². The summed E-state index contributed by atoms with van der Waals surface area (Å²) in [5.41, 5.74) is 2.43. The van der Waals surface area contributed by atoms with Gasteiger partial charge >= 0.3 is 0 Å². The van der Waals surface area contributed by atoms with Crippen LogP contribution in [0, 0.1) is 5.82 Å². The van der Waals surface area contributed by atoms with Crippen molar-refractivity contribution >= 4 is 11.3 Å². The summed E-state index contributed by atoms with van der Waals surface area (Å²) < 4.78 is 31.3. The molecule has 0 bridgehead atoms. The van der Waals surface area contributed by atoms with Gasteiger partial charge in [0.25, 0.3) is 0 Å². The van der Waals surface area contributed by atoms with Crippen LogP contribution in [0.5, 0.6) is 5.88 Å². The maximum Gasteiger partial charge on any atom is 0.232 e. The molecule has 2 aliphatic heterocycles. The van der Waals surface area contributed by atoms with E-state index in [-0.39, 0.29) is 12.0 Å². The predicted molar refractivity (Wildman–Crippen MR) is 94.4 cm³/mol. The van der Waals surface area contributed by atoms with E-state index < -0.39 is 0 Å². The number of halogens is 1. The van der Waals surface area contributed by atoms with Crippen molar-refractivity contribution in [2.45, 2.75) is 12.6 Å². The lowest BCUT2D eigenvalue weighted by Crippen LogP contribution is -2.35. The standard InChI is InChI=1S/C19H20FN3O3/c20-17-11-15(1-2-16(17)14-3-8-24-9-4-14)23-7-10-25-19(23)13-26-18-12-21-5-6-22-18/h1-3,5-6,11-12,19H,4,7-10,13H2/t19-/m1/s1. The van der Waals surface area contributed by atoms with Crippen molar-refractivity contribution < 1.29 is 18.6 Å². The Balaban J connectivity index is 1.47. The maximum atomic E-state index is 14.7. The van der Waals surface area contributed by atoms with Crippen molar-refractivity contribution in [1.82, 2.24) is 9.97 Å². The quantitative estimate of drug-likeness (QED) is 0.820. The summed E-state index contributed by atoms with van der Waals surface area (Å²) in [6.45, 7) is 2.72. The van der Waals surface area contributed by atoms with Crippen LogP contribution in [0.25, 0.3) is 5.57 Å². The van der Waals surface area contributed by atoms with Gasteiger partial charge < -0.3 is 19.1 Å². The van der Waals surface area contributed by atoms with Crippen molar-refractivity contribution in [3.05, 3.63) is 54.2 Å². The second-order valence-electron chi connectivity index (χ2n) is 6.09. The van der Waals surface area contributed by atoms with E-state index in [1.54, 1.807) is 24.7 Å². The molecule has 0 unspecified atom stereocenters. The van der Waals surface area contributed by atoms with Gasteiger partial charge in [-0.2, -0.15) is 0 Å². The van der Waals surface area contributed by atoms with Gasteiger partial charge in [0, 0.05) is 30.2 Å². The van der Waals surface area contributed by atoms with Crippen LogP contribution in [0.2, 0.25) is 0 Å². The minimum Gasteiger partial charge on any atom is -0.472 e. The van der Waals surface area contributed by atoms with Gasteiger partial charge in [-0.25, -0.2) is 9.37 Å². The fourth-order valence-electron chi connectivity index (χ4n) is 3.19. The highest BCUT2D eigenvalue weighted by Crippen LogP contribution is 2.29. The molecule has 3 heterocycles. The van der Waals surface area contributed by atoms with Crippen molar-refractivity contribution in [3.8, 4) is 5.88 Å². The Morgan fingerprint density at radius 1 is 1.27 bits per heavy atom. The van der Waals surface area contributed by atoms with E-state index in [9.17, 15) is 4.39 Å². The molecule has 0 saturated carbocycles. The largest absolute Gasteiger partial charge is 0.472 e. The number of anilines is 1. The van der Waals surface area contributed by atoms with Gasteiger partial charge in [-0.3, -0.25) is 4.98 Å². The molecular weight excluding hydrogens is 337 g/mol. The van der Waals surface area contributed by atoms with Crippen molar-refractivity contribution in [2.24, 2.45) is 0 Å². The molecule has 26 heavy (non-hydrogen) atoms. The molecule has 0 amide bonds. The number of ether oxygens (including phenoxy) is 3. The molecule has 6 nitrogen and oxygen atoms in total. The van der Waals surface area contributed by atoms with Crippen LogP contribution in [0.4, 0.5) is 10.1 Å². The van der Waals surface area contributed by atoms with E-state index in [2.05, 4.69) is 9.97 Å².